The molecule has 0 fully saturated rings. The van der Waals surface area contributed by atoms with Gasteiger partial charge in [0.2, 0.25) is 0 Å². The van der Waals surface area contributed by atoms with E-state index in [1.807, 2.05) is 0 Å². The molecule has 1 N–H and O–H groups in total. The zero-order valence-corrected chi connectivity index (χ0v) is 11.1. The molecular weight excluding hydrogens is 220 g/mol. The summed E-state index contributed by atoms with van der Waals surface area (Å²) in [4.78, 5) is 20.9. The summed E-state index contributed by atoms with van der Waals surface area (Å²) in [5.41, 5.74) is 0. The second-order valence-electron chi connectivity index (χ2n) is 4.32. The van der Waals surface area contributed by atoms with Gasteiger partial charge in [-0.1, -0.05) is 39.5 Å². The van der Waals surface area contributed by atoms with Crippen molar-refractivity contribution in [3.8, 4) is 0 Å². The number of carboxylic acid groups (broad SMARTS) is 1. The van der Waals surface area contributed by atoms with Crippen molar-refractivity contribution >= 4 is 5.97 Å². The monoisotopic (exact) mass is 246 g/mol. The summed E-state index contributed by atoms with van der Waals surface area (Å²) in [7, 11) is 0. The molecule has 0 aromatic carbocycles. The smallest absolute Gasteiger partial charge is 0.306 e. The second-order valence-corrected chi connectivity index (χ2v) is 4.32. The van der Waals surface area contributed by atoms with Gasteiger partial charge in [-0.05, 0) is 19.3 Å². The molecule has 4 heteroatoms. The lowest BCUT2D eigenvalue weighted by atomic mass is 9.99. The Morgan fingerprint density at radius 3 is 2.24 bits per heavy atom. The molecule has 0 rings (SSSR count). The number of aliphatic carboxylic acids is 1. The topological polar surface area (TPSA) is 55.8 Å². The predicted octanol–water partition coefficient (Wildman–Crippen LogP) is 3.41. The summed E-state index contributed by atoms with van der Waals surface area (Å²) in [6, 6.07) is 0. The molecule has 0 bridgehead atoms. The number of rotatable bonds is 12. The number of hydrogen-bond donors (Lipinski definition) is 1. The first-order valence-electron chi connectivity index (χ1n) is 6.69. The van der Waals surface area contributed by atoms with E-state index in [1.165, 1.54) is 0 Å². The fraction of sp³-hybridized carbons (Fsp3) is 0.923. The molecule has 0 aromatic rings. The van der Waals surface area contributed by atoms with Crippen molar-refractivity contribution in [2.45, 2.75) is 58.8 Å². The fourth-order valence-electron chi connectivity index (χ4n) is 1.56. The number of unbranched alkanes of at least 4 members (excludes halogenated alkanes) is 3. The van der Waals surface area contributed by atoms with Gasteiger partial charge in [-0.15, -0.1) is 0 Å². The van der Waals surface area contributed by atoms with Crippen LogP contribution in [0.25, 0.3) is 0 Å². The molecule has 1 unspecified atom stereocenters. The van der Waals surface area contributed by atoms with Crippen molar-refractivity contribution in [3.05, 3.63) is 0 Å². The Kier molecular flexibility index (Phi) is 11.4. The van der Waals surface area contributed by atoms with E-state index in [4.69, 9.17) is 14.9 Å². The molecule has 0 radical (unpaired) electrons. The van der Waals surface area contributed by atoms with Crippen molar-refractivity contribution in [2.75, 3.05) is 13.2 Å². The summed E-state index contributed by atoms with van der Waals surface area (Å²) in [6.07, 6.45) is 6.52. The van der Waals surface area contributed by atoms with Gasteiger partial charge >= 0.3 is 5.97 Å². The molecule has 17 heavy (non-hydrogen) atoms. The van der Waals surface area contributed by atoms with Crippen LogP contribution in [-0.4, -0.2) is 24.3 Å². The minimum atomic E-state index is -0.729. The van der Waals surface area contributed by atoms with Gasteiger partial charge < -0.3 is 5.11 Å². The average molecular weight is 246 g/mol. The van der Waals surface area contributed by atoms with Crippen LogP contribution < -0.4 is 0 Å². The van der Waals surface area contributed by atoms with E-state index >= 15 is 0 Å². The van der Waals surface area contributed by atoms with E-state index in [-0.39, 0.29) is 5.92 Å². The Labute approximate surface area is 104 Å². The van der Waals surface area contributed by atoms with Crippen LogP contribution in [0, 0.1) is 5.92 Å². The third-order valence-corrected chi connectivity index (χ3v) is 2.72. The fourth-order valence-corrected chi connectivity index (χ4v) is 1.56. The lowest BCUT2D eigenvalue weighted by Gasteiger charge is -2.11. The summed E-state index contributed by atoms with van der Waals surface area (Å²) >= 11 is 0. The molecule has 0 aromatic heterocycles. The van der Waals surface area contributed by atoms with E-state index in [9.17, 15) is 4.79 Å². The van der Waals surface area contributed by atoms with Gasteiger partial charge in [0.05, 0.1) is 19.1 Å². The predicted molar refractivity (Wildman–Crippen MR) is 66.7 cm³/mol. The summed E-state index contributed by atoms with van der Waals surface area (Å²) < 4.78 is 0. The Morgan fingerprint density at radius 1 is 1.00 bits per heavy atom. The highest BCUT2D eigenvalue weighted by atomic mass is 17.2. The molecule has 0 heterocycles. The van der Waals surface area contributed by atoms with Crippen LogP contribution in [0.15, 0.2) is 0 Å². The van der Waals surface area contributed by atoms with E-state index in [0.29, 0.717) is 19.6 Å². The van der Waals surface area contributed by atoms with Crippen LogP contribution in [0.3, 0.4) is 0 Å². The second kappa shape index (κ2) is 11.9. The molecule has 0 saturated carbocycles. The van der Waals surface area contributed by atoms with Crippen molar-refractivity contribution in [1.82, 2.24) is 0 Å². The molecule has 102 valence electrons. The highest BCUT2D eigenvalue weighted by Crippen LogP contribution is 2.13. The van der Waals surface area contributed by atoms with Gasteiger partial charge in [0.15, 0.2) is 0 Å². The average Bonchev–Trinajstić information content (AvgIpc) is 2.31. The van der Waals surface area contributed by atoms with Crippen LogP contribution in [0.5, 0.6) is 0 Å². The summed E-state index contributed by atoms with van der Waals surface area (Å²) in [5.74, 6) is -1.03. The molecule has 4 nitrogen and oxygen atoms in total. The van der Waals surface area contributed by atoms with E-state index in [2.05, 4.69) is 13.8 Å². The molecule has 0 aliphatic heterocycles. The molecule has 0 aliphatic rings. The van der Waals surface area contributed by atoms with Crippen molar-refractivity contribution in [3.63, 3.8) is 0 Å². The van der Waals surface area contributed by atoms with Crippen molar-refractivity contribution in [1.29, 1.82) is 0 Å². The van der Waals surface area contributed by atoms with Gasteiger partial charge in [0.25, 0.3) is 0 Å². The summed E-state index contributed by atoms with van der Waals surface area (Å²) in [5, 5.41) is 8.98. The quantitative estimate of drug-likeness (QED) is 0.326. The van der Waals surface area contributed by atoms with Gasteiger partial charge in [-0.2, -0.15) is 0 Å². The Morgan fingerprint density at radius 2 is 1.65 bits per heavy atom. The number of carbonyl (C=O) groups is 1. The first-order valence-corrected chi connectivity index (χ1v) is 6.69. The molecule has 0 aliphatic carbocycles. The lowest BCUT2D eigenvalue weighted by molar-refractivity contribution is -0.296. The maximum absolute atomic E-state index is 10.9. The van der Waals surface area contributed by atoms with Gasteiger partial charge in [-0.25, -0.2) is 9.78 Å². The third kappa shape index (κ3) is 10.3. The standard InChI is InChI=1S/C13H26O4/c1-3-5-7-10-16-17-11-9-12(13(14)15)8-6-4-2/h12H,3-11H2,1-2H3,(H,14,15). The maximum Gasteiger partial charge on any atom is 0.306 e. The molecule has 0 spiro atoms. The zero-order valence-electron chi connectivity index (χ0n) is 11.1. The van der Waals surface area contributed by atoms with Crippen molar-refractivity contribution in [2.24, 2.45) is 5.92 Å². The zero-order chi connectivity index (χ0) is 12.9. The summed E-state index contributed by atoms with van der Waals surface area (Å²) in [6.45, 7) is 5.16. The van der Waals surface area contributed by atoms with Crippen LogP contribution in [-0.2, 0) is 14.6 Å². The molecule has 0 saturated heterocycles. The van der Waals surface area contributed by atoms with Crippen LogP contribution in [0.4, 0.5) is 0 Å². The minimum absolute atomic E-state index is 0.297. The molecule has 1 atom stereocenters. The highest BCUT2D eigenvalue weighted by molar-refractivity contribution is 5.69. The van der Waals surface area contributed by atoms with Crippen LogP contribution >= 0.6 is 0 Å². The van der Waals surface area contributed by atoms with Crippen molar-refractivity contribution < 1.29 is 19.7 Å². The normalized spacial score (nSPS) is 12.6. The first kappa shape index (κ1) is 16.4. The molecular formula is C13H26O4. The Bertz CT molecular complexity index is 182. The Balaban J connectivity index is 3.44. The largest absolute Gasteiger partial charge is 0.481 e. The number of hydrogen-bond acceptors (Lipinski definition) is 3. The SMILES string of the molecule is CCCCCOOCCC(CCCC)C(=O)O. The highest BCUT2D eigenvalue weighted by Gasteiger charge is 2.16. The lowest BCUT2D eigenvalue weighted by Crippen LogP contribution is -2.16. The first-order chi connectivity index (χ1) is 8.22. The van der Waals surface area contributed by atoms with E-state index in [0.717, 1.165) is 38.5 Å². The Hall–Kier alpha value is -0.610. The van der Waals surface area contributed by atoms with Crippen LogP contribution in [0.1, 0.15) is 58.8 Å². The molecule has 0 amide bonds. The minimum Gasteiger partial charge on any atom is -0.481 e. The third-order valence-electron chi connectivity index (χ3n) is 2.72. The van der Waals surface area contributed by atoms with Gasteiger partial charge in [-0.3, -0.25) is 4.79 Å². The maximum atomic E-state index is 10.9. The van der Waals surface area contributed by atoms with E-state index < -0.39 is 5.97 Å². The number of carboxylic acids is 1. The van der Waals surface area contributed by atoms with Gasteiger partial charge in [0.1, 0.15) is 0 Å². The van der Waals surface area contributed by atoms with E-state index in [1.54, 1.807) is 0 Å². The van der Waals surface area contributed by atoms with Crippen LogP contribution in [0.2, 0.25) is 0 Å². The van der Waals surface area contributed by atoms with Gasteiger partial charge in [0, 0.05) is 0 Å².